The Morgan fingerprint density at radius 3 is 2.65 bits per heavy atom. The van der Waals surface area contributed by atoms with E-state index in [1.807, 2.05) is 19.5 Å². The maximum absolute atomic E-state index is 6.26. The molecule has 3 aliphatic rings. The van der Waals surface area contributed by atoms with Crippen LogP contribution in [0.1, 0.15) is 42.9 Å². The van der Waals surface area contributed by atoms with Crippen molar-refractivity contribution >= 4 is 21.7 Å². The lowest BCUT2D eigenvalue weighted by atomic mass is 9.44. The van der Waals surface area contributed by atoms with Gasteiger partial charge in [0.15, 0.2) is 15.7 Å². The van der Waals surface area contributed by atoms with E-state index in [4.69, 9.17) is 20.2 Å². The van der Waals surface area contributed by atoms with Gasteiger partial charge in [-0.25, -0.2) is 4.99 Å². The molecule has 4 atom stereocenters. The summed E-state index contributed by atoms with van der Waals surface area (Å²) in [6, 6.07) is 9.33. The maximum Gasteiger partial charge on any atom is 0.282 e. The van der Waals surface area contributed by atoms with Crippen LogP contribution in [0.15, 0.2) is 41.7 Å². The first kappa shape index (κ1) is 20.6. The molecule has 1 saturated carbocycles. The number of aryl methyl sites for hydroxylation is 1. The summed E-state index contributed by atoms with van der Waals surface area (Å²) in [6.07, 6.45) is 8.26. The number of benzene rings is 1. The molecule has 0 radical (unpaired) electrons. The predicted octanol–water partition coefficient (Wildman–Crippen LogP) is 1.89. The van der Waals surface area contributed by atoms with Gasteiger partial charge in [-0.05, 0) is 72.9 Å². The van der Waals surface area contributed by atoms with Crippen LogP contribution >= 0.6 is 0 Å². The van der Waals surface area contributed by atoms with E-state index in [9.17, 15) is 0 Å². The van der Waals surface area contributed by atoms with Gasteiger partial charge in [-0.1, -0.05) is 19.1 Å². The van der Waals surface area contributed by atoms with Crippen molar-refractivity contribution in [1.29, 1.82) is 0 Å². The Bertz CT molecular complexity index is 1070. The van der Waals surface area contributed by atoms with Crippen molar-refractivity contribution in [3.05, 3.63) is 53.3 Å². The minimum absolute atomic E-state index is 0.0299. The standard InChI is InChI=1S/C24H31B2N3O2/c1-14-8-18(13-28-12-14)16-4-5-17-11-22(7-6-20(30-3)15(2)10-22)23(19(17)9-16)24(25,26)31-21(27)29-23/h4-5,8-9,12-13,15,20H,6-7,10-11,25-26H2,1-3H3,(H2,27,29)/t15-,20-,22-,23-/m0/s1. The molecule has 5 nitrogen and oxygen atoms in total. The van der Waals surface area contributed by atoms with Gasteiger partial charge in [0.2, 0.25) is 0 Å². The number of hydrogen-bond donors (Lipinski definition) is 1. The van der Waals surface area contributed by atoms with Gasteiger partial charge in [0.25, 0.3) is 6.02 Å². The summed E-state index contributed by atoms with van der Waals surface area (Å²) < 4.78 is 12.0. The van der Waals surface area contributed by atoms with Crippen LogP contribution in [0.3, 0.4) is 0 Å². The zero-order valence-electron chi connectivity index (χ0n) is 19.2. The summed E-state index contributed by atoms with van der Waals surface area (Å²) in [7, 11) is 6.14. The molecule has 0 unspecified atom stereocenters. The van der Waals surface area contributed by atoms with E-state index >= 15 is 0 Å². The van der Waals surface area contributed by atoms with E-state index < -0.39 is 10.9 Å². The van der Waals surface area contributed by atoms with Gasteiger partial charge in [0, 0.05) is 30.5 Å². The summed E-state index contributed by atoms with van der Waals surface area (Å²) in [5.74, 6) is 0.457. The largest absolute Gasteiger partial charge is 0.475 e. The maximum atomic E-state index is 6.26. The highest BCUT2D eigenvalue weighted by atomic mass is 16.5. The normalized spacial score (nSPS) is 33.3. The third-order valence-corrected chi connectivity index (χ3v) is 8.07. The highest BCUT2D eigenvalue weighted by Crippen LogP contribution is 2.65. The molecule has 1 fully saturated rings. The van der Waals surface area contributed by atoms with Gasteiger partial charge in [-0.2, -0.15) is 0 Å². The Balaban J connectivity index is 1.70. The highest BCUT2D eigenvalue weighted by Gasteiger charge is 2.68. The average molecular weight is 415 g/mol. The molecule has 0 amide bonds. The monoisotopic (exact) mass is 415 g/mol. The van der Waals surface area contributed by atoms with E-state index in [0.717, 1.165) is 36.8 Å². The molecule has 1 aromatic heterocycles. The van der Waals surface area contributed by atoms with Crippen LogP contribution in [0.2, 0.25) is 0 Å². The van der Waals surface area contributed by atoms with Crippen LogP contribution in [0, 0.1) is 18.3 Å². The first-order chi connectivity index (χ1) is 14.7. The highest BCUT2D eigenvalue weighted by molar-refractivity contribution is 6.41. The molecule has 2 heterocycles. The van der Waals surface area contributed by atoms with Crippen molar-refractivity contribution in [3.8, 4) is 11.1 Å². The van der Waals surface area contributed by atoms with E-state index in [2.05, 4.69) is 58.8 Å². The summed E-state index contributed by atoms with van der Waals surface area (Å²) >= 11 is 0. The molecule has 2 spiro atoms. The van der Waals surface area contributed by atoms with Crippen LogP contribution in [0.5, 0.6) is 0 Å². The minimum atomic E-state index is -0.522. The molecule has 2 aromatic rings. The fraction of sp³-hybridized carbons (Fsp3) is 0.500. The van der Waals surface area contributed by atoms with Crippen molar-refractivity contribution in [2.45, 2.75) is 56.6 Å². The van der Waals surface area contributed by atoms with Crippen molar-refractivity contribution in [3.63, 3.8) is 0 Å². The second-order valence-corrected chi connectivity index (χ2v) is 10.3. The zero-order valence-corrected chi connectivity index (χ0v) is 19.2. The molecule has 2 N–H and O–H groups in total. The number of ether oxygens (including phenoxy) is 2. The summed E-state index contributed by atoms with van der Waals surface area (Å²) in [5.41, 5.74) is 11.8. The van der Waals surface area contributed by atoms with Crippen LogP contribution < -0.4 is 5.73 Å². The van der Waals surface area contributed by atoms with Crippen molar-refractivity contribution in [2.75, 3.05) is 7.11 Å². The second kappa shape index (κ2) is 6.86. The summed E-state index contributed by atoms with van der Waals surface area (Å²) in [4.78, 5) is 9.55. The molecule has 2 aliphatic carbocycles. The Labute approximate surface area is 186 Å². The van der Waals surface area contributed by atoms with E-state index in [1.54, 1.807) is 0 Å². The number of rotatable bonds is 2. The first-order valence-electron chi connectivity index (χ1n) is 11.3. The number of nitrogens with two attached hydrogens (primary N) is 1. The number of pyridine rings is 1. The second-order valence-electron chi connectivity index (χ2n) is 10.3. The topological polar surface area (TPSA) is 69.7 Å². The average Bonchev–Trinajstić information content (AvgIpc) is 3.12. The lowest BCUT2D eigenvalue weighted by Crippen LogP contribution is -2.60. The van der Waals surface area contributed by atoms with Crippen LogP contribution in [0.25, 0.3) is 11.1 Å². The molecular formula is C24H31B2N3O2. The van der Waals surface area contributed by atoms with Crippen molar-refractivity contribution in [2.24, 2.45) is 22.1 Å². The molecule has 1 aliphatic heterocycles. The molecule has 7 heteroatoms. The lowest BCUT2D eigenvalue weighted by molar-refractivity contribution is -0.0559. The quantitative estimate of drug-likeness (QED) is 0.761. The minimum Gasteiger partial charge on any atom is -0.475 e. The fourth-order valence-electron chi connectivity index (χ4n) is 6.93. The van der Waals surface area contributed by atoms with Crippen molar-refractivity contribution < 1.29 is 9.47 Å². The Morgan fingerprint density at radius 2 is 2.00 bits per heavy atom. The molecule has 0 saturated heterocycles. The van der Waals surface area contributed by atoms with Crippen LogP contribution in [-0.2, 0) is 21.4 Å². The van der Waals surface area contributed by atoms with E-state index in [1.165, 1.54) is 16.7 Å². The van der Waals surface area contributed by atoms with Gasteiger partial charge in [-0.15, -0.1) is 0 Å². The van der Waals surface area contributed by atoms with Crippen LogP contribution in [0.4, 0.5) is 0 Å². The van der Waals surface area contributed by atoms with Gasteiger partial charge >= 0.3 is 0 Å². The summed E-state index contributed by atoms with van der Waals surface area (Å²) in [6.45, 7) is 4.39. The number of hydrogen-bond acceptors (Lipinski definition) is 5. The van der Waals surface area contributed by atoms with Gasteiger partial charge in [-0.3, -0.25) is 4.98 Å². The molecule has 31 heavy (non-hydrogen) atoms. The Kier molecular flexibility index (Phi) is 4.57. The SMILES string of the molecule is BC1(B)OC(N)=N[C@]12c1cc(-c3cncc(C)c3)ccc1C[C@@]21CC[C@H](OC)[C@@H](C)C1. The third kappa shape index (κ3) is 2.82. The molecule has 0 bridgehead atoms. The fourth-order valence-corrected chi connectivity index (χ4v) is 6.93. The predicted molar refractivity (Wildman–Crippen MR) is 129 cm³/mol. The third-order valence-electron chi connectivity index (χ3n) is 8.07. The number of methoxy groups -OCH3 is 1. The molecule has 1 aromatic carbocycles. The molecule has 5 rings (SSSR count). The van der Waals surface area contributed by atoms with E-state index in [0.29, 0.717) is 18.0 Å². The molecule has 160 valence electrons. The van der Waals surface area contributed by atoms with Gasteiger partial charge in [0.05, 0.1) is 11.5 Å². The number of nitrogens with zero attached hydrogens (tertiary/aromatic N) is 2. The first-order valence-corrected chi connectivity index (χ1v) is 11.3. The zero-order chi connectivity index (χ0) is 22.0. The summed E-state index contributed by atoms with van der Waals surface area (Å²) in [5, 5.41) is -0.522. The number of aromatic nitrogens is 1. The van der Waals surface area contributed by atoms with Crippen LogP contribution in [-0.4, -0.2) is 45.3 Å². The van der Waals surface area contributed by atoms with Crippen molar-refractivity contribution in [1.82, 2.24) is 4.98 Å². The number of aliphatic imine (C=N–C) groups is 1. The Hall–Kier alpha value is -2.27. The van der Waals surface area contributed by atoms with Gasteiger partial charge < -0.3 is 15.2 Å². The van der Waals surface area contributed by atoms with E-state index in [-0.39, 0.29) is 5.41 Å². The number of amidine groups is 1. The number of fused-ring (bicyclic) bond motifs is 3. The van der Waals surface area contributed by atoms with Gasteiger partial charge in [0.1, 0.15) is 5.54 Å². The Morgan fingerprint density at radius 1 is 1.19 bits per heavy atom. The lowest BCUT2D eigenvalue weighted by Gasteiger charge is -2.53. The smallest absolute Gasteiger partial charge is 0.282 e. The molecular weight excluding hydrogens is 384 g/mol.